The van der Waals surface area contributed by atoms with Crippen LogP contribution in [0.25, 0.3) is 0 Å². The summed E-state index contributed by atoms with van der Waals surface area (Å²) >= 11 is 0. The summed E-state index contributed by atoms with van der Waals surface area (Å²) in [6.45, 7) is 0.410. The van der Waals surface area contributed by atoms with Crippen molar-refractivity contribution in [3.05, 3.63) is 53.9 Å². The Morgan fingerprint density at radius 3 is 2.71 bits per heavy atom. The Morgan fingerprint density at radius 2 is 2.07 bits per heavy atom. The second kappa shape index (κ2) is 8.08. The van der Waals surface area contributed by atoms with E-state index in [1.54, 1.807) is 20.1 Å². The second-order valence-corrected chi connectivity index (χ2v) is 6.78. The van der Waals surface area contributed by atoms with Gasteiger partial charge in [0.15, 0.2) is 6.61 Å². The molecule has 3 unspecified atom stereocenters. The van der Waals surface area contributed by atoms with Crippen LogP contribution in [0.3, 0.4) is 0 Å². The molecule has 5 nitrogen and oxygen atoms in total. The number of halogens is 3. The van der Waals surface area contributed by atoms with Crippen molar-refractivity contribution in [2.24, 2.45) is 5.92 Å². The van der Waals surface area contributed by atoms with Crippen LogP contribution in [0, 0.1) is 5.92 Å². The first-order valence-corrected chi connectivity index (χ1v) is 8.86. The number of methoxy groups -OCH3 is 1. The molecule has 0 radical (unpaired) electrons. The number of hydrogen-bond donors (Lipinski definition) is 1. The van der Waals surface area contributed by atoms with Crippen LogP contribution in [-0.4, -0.2) is 30.8 Å². The molecule has 1 amide bonds. The van der Waals surface area contributed by atoms with Crippen molar-refractivity contribution in [3.63, 3.8) is 0 Å². The molecule has 3 rings (SSSR count). The highest BCUT2D eigenvalue weighted by atomic mass is 19.4. The third-order valence-electron chi connectivity index (χ3n) is 4.61. The van der Waals surface area contributed by atoms with Gasteiger partial charge < -0.3 is 14.8 Å². The Kier molecular flexibility index (Phi) is 5.76. The van der Waals surface area contributed by atoms with Crippen LogP contribution in [0.1, 0.15) is 36.6 Å². The summed E-state index contributed by atoms with van der Waals surface area (Å²) in [5.74, 6) is 0.769. The zero-order valence-corrected chi connectivity index (χ0v) is 15.5. The van der Waals surface area contributed by atoms with E-state index in [1.807, 2.05) is 24.3 Å². The van der Waals surface area contributed by atoms with Gasteiger partial charge in [0.1, 0.15) is 11.5 Å². The van der Waals surface area contributed by atoms with Crippen molar-refractivity contribution < 1.29 is 27.4 Å². The molecule has 150 valence electrons. The Morgan fingerprint density at radius 1 is 1.29 bits per heavy atom. The van der Waals surface area contributed by atoms with E-state index >= 15 is 0 Å². The van der Waals surface area contributed by atoms with Crippen LogP contribution in [0.2, 0.25) is 0 Å². The van der Waals surface area contributed by atoms with Crippen molar-refractivity contribution in [1.29, 1.82) is 0 Å². The Balaban J connectivity index is 1.53. The van der Waals surface area contributed by atoms with Gasteiger partial charge in [0.2, 0.25) is 5.91 Å². The van der Waals surface area contributed by atoms with Gasteiger partial charge >= 0.3 is 6.18 Å². The van der Waals surface area contributed by atoms with Crippen LogP contribution in [0.5, 0.6) is 11.5 Å². The number of amides is 1. The number of nitrogens with one attached hydrogen (secondary N) is 1. The molecule has 2 aromatic rings. The highest BCUT2D eigenvalue weighted by Gasteiger charge is 2.44. The molecule has 3 atom stereocenters. The number of carbonyl (C=O) groups is 1. The number of rotatable bonds is 7. The van der Waals surface area contributed by atoms with Crippen LogP contribution < -0.4 is 14.8 Å². The Labute approximate surface area is 160 Å². The third-order valence-corrected chi connectivity index (χ3v) is 4.61. The fraction of sp³-hybridized carbons (Fsp3) is 0.400. The number of hydrogen-bond acceptors (Lipinski definition) is 4. The molecule has 28 heavy (non-hydrogen) atoms. The van der Waals surface area contributed by atoms with Gasteiger partial charge in [0.05, 0.1) is 25.0 Å². The molecule has 1 aliphatic rings. The fourth-order valence-electron chi connectivity index (χ4n) is 3.02. The number of alkyl halides is 3. The van der Waals surface area contributed by atoms with Crippen LogP contribution in [0.15, 0.2) is 42.6 Å². The molecule has 8 heteroatoms. The smallest absolute Gasteiger partial charge is 0.422 e. The molecule has 0 bridgehead atoms. The van der Waals surface area contributed by atoms with E-state index in [1.165, 1.54) is 12.3 Å². The van der Waals surface area contributed by atoms with Crippen molar-refractivity contribution in [3.8, 4) is 11.5 Å². The average Bonchev–Trinajstić information content (AvgIpc) is 3.47. The van der Waals surface area contributed by atoms with Gasteiger partial charge in [-0.2, -0.15) is 13.2 Å². The molecule has 1 N–H and O–H groups in total. The minimum atomic E-state index is -4.40. The summed E-state index contributed by atoms with van der Waals surface area (Å²) < 4.78 is 46.4. The molecule has 1 aromatic heterocycles. The lowest BCUT2D eigenvalue weighted by Crippen LogP contribution is -2.29. The third kappa shape index (κ3) is 5.15. The van der Waals surface area contributed by atoms with Gasteiger partial charge in [0, 0.05) is 5.92 Å². The van der Waals surface area contributed by atoms with Crippen LogP contribution in [0.4, 0.5) is 13.2 Å². The van der Waals surface area contributed by atoms with Crippen molar-refractivity contribution in [2.45, 2.75) is 31.5 Å². The van der Waals surface area contributed by atoms with E-state index in [2.05, 4.69) is 15.0 Å². The van der Waals surface area contributed by atoms with Gasteiger partial charge in [0.25, 0.3) is 0 Å². The minimum absolute atomic E-state index is 0.0277. The lowest BCUT2D eigenvalue weighted by Gasteiger charge is -2.14. The van der Waals surface area contributed by atoms with Gasteiger partial charge in [-0.05, 0) is 49.1 Å². The SMILES string of the molecule is COc1cccc(C2CC2C(=O)NC(C)c2ccc(OCC(F)(F)F)cn2)c1. The number of carbonyl (C=O) groups excluding carboxylic acids is 1. The van der Waals surface area contributed by atoms with E-state index in [4.69, 9.17) is 4.74 Å². The molecule has 1 aromatic carbocycles. The Hall–Kier alpha value is -2.77. The first-order valence-electron chi connectivity index (χ1n) is 8.86. The quantitative estimate of drug-likeness (QED) is 0.771. The molecule has 0 aliphatic heterocycles. The zero-order chi connectivity index (χ0) is 20.3. The largest absolute Gasteiger partial charge is 0.497 e. The van der Waals surface area contributed by atoms with E-state index in [0.717, 1.165) is 17.7 Å². The molecule has 0 saturated heterocycles. The number of aromatic nitrogens is 1. The highest BCUT2D eigenvalue weighted by molar-refractivity contribution is 5.83. The summed E-state index contributed by atoms with van der Waals surface area (Å²) in [5.41, 5.74) is 1.61. The second-order valence-electron chi connectivity index (χ2n) is 6.78. The summed E-state index contributed by atoms with van der Waals surface area (Å²) in [7, 11) is 1.60. The van der Waals surface area contributed by atoms with Crippen molar-refractivity contribution >= 4 is 5.91 Å². The normalized spacial score (nSPS) is 19.6. The van der Waals surface area contributed by atoms with Gasteiger partial charge in [-0.3, -0.25) is 9.78 Å². The monoisotopic (exact) mass is 394 g/mol. The maximum Gasteiger partial charge on any atom is 0.422 e. The molecule has 1 heterocycles. The predicted octanol–water partition coefficient (Wildman–Crippen LogP) is 4.01. The van der Waals surface area contributed by atoms with Crippen LogP contribution >= 0.6 is 0 Å². The lowest BCUT2D eigenvalue weighted by atomic mass is 10.1. The van der Waals surface area contributed by atoms with E-state index in [9.17, 15) is 18.0 Å². The summed E-state index contributed by atoms with van der Waals surface area (Å²) in [4.78, 5) is 16.6. The summed E-state index contributed by atoms with van der Waals surface area (Å²) in [6.07, 6.45) is -2.41. The Bertz CT molecular complexity index is 824. The molecule has 1 fully saturated rings. The molecular formula is C20H21F3N2O3. The number of benzene rings is 1. The van der Waals surface area contributed by atoms with Crippen molar-refractivity contribution in [2.75, 3.05) is 13.7 Å². The maximum absolute atomic E-state index is 12.5. The maximum atomic E-state index is 12.5. The first kappa shape index (κ1) is 20.0. The van der Waals surface area contributed by atoms with E-state index in [0.29, 0.717) is 5.69 Å². The van der Waals surface area contributed by atoms with Gasteiger partial charge in [-0.1, -0.05) is 12.1 Å². The fourth-order valence-corrected chi connectivity index (χ4v) is 3.02. The lowest BCUT2D eigenvalue weighted by molar-refractivity contribution is -0.153. The first-order chi connectivity index (χ1) is 13.3. The van der Waals surface area contributed by atoms with Crippen LogP contribution in [-0.2, 0) is 4.79 Å². The standard InChI is InChI=1S/C20H21F3N2O3/c1-12(18-7-6-15(10-24-18)28-11-20(21,22)23)25-19(26)17-9-16(17)13-4-3-5-14(8-13)27-2/h3-8,10,12,16-17H,9,11H2,1-2H3,(H,25,26). The zero-order valence-electron chi connectivity index (χ0n) is 15.5. The summed E-state index contributed by atoms with van der Waals surface area (Å²) in [6, 6.07) is 10.3. The van der Waals surface area contributed by atoms with Gasteiger partial charge in [-0.25, -0.2) is 0 Å². The number of nitrogens with zero attached hydrogens (tertiary/aromatic N) is 1. The minimum Gasteiger partial charge on any atom is -0.497 e. The van der Waals surface area contributed by atoms with Crippen molar-refractivity contribution in [1.82, 2.24) is 10.3 Å². The van der Waals surface area contributed by atoms with E-state index in [-0.39, 0.29) is 29.5 Å². The summed E-state index contributed by atoms with van der Waals surface area (Å²) in [5, 5.41) is 2.91. The topological polar surface area (TPSA) is 60.5 Å². The average molecular weight is 394 g/mol. The molecule has 1 saturated carbocycles. The van der Waals surface area contributed by atoms with E-state index < -0.39 is 12.8 Å². The predicted molar refractivity (Wildman–Crippen MR) is 96.2 cm³/mol. The molecular weight excluding hydrogens is 373 g/mol. The number of pyridine rings is 1. The molecule has 1 aliphatic carbocycles. The highest BCUT2D eigenvalue weighted by Crippen LogP contribution is 2.48. The molecule has 0 spiro atoms. The number of ether oxygens (including phenoxy) is 2. The van der Waals surface area contributed by atoms with Gasteiger partial charge in [-0.15, -0.1) is 0 Å².